The summed E-state index contributed by atoms with van der Waals surface area (Å²) in [4.78, 5) is 0. The summed E-state index contributed by atoms with van der Waals surface area (Å²) in [5.41, 5.74) is 7.87. The monoisotopic (exact) mass is 252 g/mol. The van der Waals surface area contributed by atoms with E-state index < -0.39 is 0 Å². The summed E-state index contributed by atoms with van der Waals surface area (Å²) in [6, 6.07) is 17.3. The van der Waals surface area contributed by atoms with Crippen molar-refractivity contribution in [1.82, 2.24) is 0 Å². The summed E-state index contributed by atoms with van der Waals surface area (Å²) in [5.74, 6) is 1.51. The Balaban J connectivity index is 2.19. The van der Waals surface area contributed by atoms with Gasteiger partial charge in [-0.25, -0.2) is 0 Å². The van der Waals surface area contributed by atoms with Gasteiger partial charge in [0.15, 0.2) is 0 Å². The molecular formula is C16H16N2O. The van der Waals surface area contributed by atoms with Crippen LogP contribution in [0.5, 0.6) is 11.5 Å². The Kier molecular flexibility index (Phi) is 4.17. The van der Waals surface area contributed by atoms with Crippen LogP contribution in [0.25, 0.3) is 0 Å². The first-order valence-corrected chi connectivity index (χ1v) is 6.19. The predicted molar refractivity (Wildman–Crippen MR) is 74.9 cm³/mol. The minimum Gasteiger partial charge on any atom is -0.457 e. The molecule has 2 rings (SSSR count). The molecule has 19 heavy (non-hydrogen) atoms. The Labute approximate surface area is 113 Å². The molecule has 1 unspecified atom stereocenters. The van der Waals surface area contributed by atoms with Gasteiger partial charge in [0.1, 0.15) is 11.5 Å². The molecule has 2 N–H and O–H groups in total. The van der Waals surface area contributed by atoms with Gasteiger partial charge < -0.3 is 10.5 Å². The number of hydrogen-bond donors (Lipinski definition) is 1. The Hall–Kier alpha value is -2.31. The van der Waals surface area contributed by atoms with Gasteiger partial charge in [-0.2, -0.15) is 5.26 Å². The second kappa shape index (κ2) is 6.03. The van der Waals surface area contributed by atoms with Gasteiger partial charge in [-0.05, 0) is 30.7 Å². The molecule has 0 aliphatic carbocycles. The van der Waals surface area contributed by atoms with Crippen LogP contribution in [0.15, 0.2) is 48.5 Å². The van der Waals surface area contributed by atoms with E-state index in [0.717, 1.165) is 22.6 Å². The van der Waals surface area contributed by atoms with E-state index in [9.17, 15) is 0 Å². The van der Waals surface area contributed by atoms with Crippen molar-refractivity contribution in [3.63, 3.8) is 0 Å². The second-order valence-electron chi connectivity index (χ2n) is 4.41. The fourth-order valence-electron chi connectivity index (χ4n) is 1.84. The molecule has 0 aliphatic heterocycles. The lowest BCUT2D eigenvalue weighted by Crippen LogP contribution is -2.06. The molecule has 3 heteroatoms. The van der Waals surface area contributed by atoms with Crippen LogP contribution >= 0.6 is 0 Å². The predicted octanol–water partition coefficient (Wildman–Crippen LogP) is 3.56. The summed E-state index contributed by atoms with van der Waals surface area (Å²) in [7, 11) is 0. The van der Waals surface area contributed by atoms with Crippen LogP contribution in [0.3, 0.4) is 0 Å². The number of benzene rings is 2. The number of nitriles is 1. The number of nitrogens with zero attached hydrogens (tertiary/aromatic N) is 1. The molecule has 96 valence electrons. The lowest BCUT2D eigenvalue weighted by atomic mass is 10.1. The first kappa shape index (κ1) is 13.1. The SMILES string of the molecule is CC(N)c1ccccc1Oc1ccc(CC#N)cc1. The highest BCUT2D eigenvalue weighted by molar-refractivity contribution is 5.40. The van der Waals surface area contributed by atoms with E-state index in [0.29, 0.717) is 6.42 Å². The van der Waals surface area contributed by atoms with E-state index >= 15 is 0 Å². The fourth-order valence-corrected chi connectivity index (χ4v) is 1.84. The normalized spacial score (nSPS) is 11.6. The smallest absolute Gasteiger partial charge is 0.132 e. The highest BCUT2D eigenvalue weighted by atomic mass is 16.5. The molecule has 2 aromatic carbocycles. The van der Waals surface area contributed by atoms with Crippen molar-refractivity contribution in [3.8, 4) is 17.6 Å². The molecule has 0 aromatic heterocycles. The molecule has 0 fully saturated rings. The lowest BCUT2D eigenvalue weighted by Gasteiger charge is -2.13. The Bertz CT molecular complexity index is 582. The Morgan fingerprint density at radius 1 is 1.16 bits per heavy atom. The van der Waals surface area contributed by atoms with Crippen LogP contribution in [-0.4, -0.2) is 0 Å². The number of hydrogen-bond acceptors (Lipinski definition) is 3. The molecule has 0 saturated carbocycles. The highest BCUT2D eigenvalue weighted by Crippen LogP contribution is 2.28. The highest BCUT2D eigenvalue weighted by Gasteiger charge is 2.07. The van der Waals surface area contributed by atoms with Crippen LogP contribution in [0.4, 0.5) is 0 Å². The van der Waals surface area contributed by atoms with E-state index in [1.54, 1.807) is 0 Å². The summed E-state index contributed by atoms with van der Waals surface area (Å²) in [5, 5.41) is 8.63. The fraction of sp³-hybridized carbons (Fsp3) is 0.188. The summed E-state index contributed by atoms with van der Waals surface area (Å²) in [6.45, 7) is 1.93. The molecule has 0 spiro atoms. The quantitative estimate of drug-likeness (QED) is 0.905. The summed E-state index contributed by atoms with van der Waals surface area (Å²) in [6.07, 6.45) is 0.413. The van der Waals surface area contributed by atoms with Crippen LogP contribution < -0.4 is 10.5 Å². The number of para-hydroxylation sites is 1. The van der Waals surface area contributed by atoms with Gasteiger partial charge in [0.05, 0.1) is 12.5 Å². The third kappa shape index (κ3) is 3.34. The molecule has 3 nitrogen and oxygen atoms in total. The average Bonchev–Trinajstić information content (AvgIpc) is 2.42. The van der Waals surface area contributed by atoms with E-state index in [1.807, 2.05) is 55.5 Å². The van der Waals surface area contributed by atoms with Gasteiger partial charge in [0.2, 0.25) is 0 Å². The van der Waals surface area contributed by atoms with Crippen LogP contribution in [-0.2, 0) is 6.42 Å². The standard InChI is InChI=1S/C16H16N2O/c1-12(18)15-4-2-3-5-16(15)19-14-8-6-13(7-9-14)10-11-17/h2-9,12H,10,18H2,1H3. The summed E-state index contributed by atoms with van der Waals surface area (Å²) >= 11 is 0. The zero-order chi connectivity index (χ0) is 13.7. The Morgan fingerprint density at radius 3 is 2.47 bits per heavy atom. The van der Waals surface area contributed by atoms with Crippen LogP contribution in [0, 0.1) is 11.3 Å². The van der Waals surface area contributed by atoms with Crippen molar-refractivity contribution < 1.29 is 4.74 Å². The zero-order valence-electron chi connectivity index (χ0n) is 10.8. The third-order valence-corrected chi connectivity index (χ3v) is 2.84. The molecule has 0 aliphatic rings. The van der Waals surface area contributed by atoms with Crippen LogP contribution in [0.2, 0.25) is 0 Å². The molecule has 2 aromatic rings. The van der Waals surface area contributed by atoms with Crippen molar-refractivity contribution in [3.05, 3.63) is 59.7 Å². The van der Waals surface area contributed by atoms with E-state index in [1.165, 1.54) is 0 Å². The van der Waals surface area contributed by atoms with Gasteiger partial charge in [-0.15, -0.1) is 0 Å². The van der Waals surface area contributed by atoms with E-state index in [2.05, 4.69) is 6.07 Å². The third-order valence-electron chi connectivity index (χ3n) is 2.84. The van der Waals surface area contributed by atoms with E-state index in [-0.39, 0.29) is 6.04 Å². The van der Waals surface area contributed by atoms with Crippen molar-refractivity contribution in [2.24, 2.45) is 5.73 Å². The van der Waals surface area contributed by atoms with Gasteiger partial charge in [-0.1, -0.05) is 30.3 Å². The largest absolute Gasteiger partial charge is 0.457 e. The van der Waals surface area contributed by atoms with Crippen molar-refractivity contribution in [1.29, 1.82) is 5.26 Å². The van der Waals surface area contributed by atoms with Crippen molar-refractivity contribution in [2.45, 2.75) is 19.4 Å². The maximum absolute atomic E-state index is 8.63. The number of ether oxygens (including phenoxy) is 1. The lowest BCUT2D eigenvalue weighted by molar-refractivity contribution is 0.472. The molecule has 0 bridgehead atoms. The molecule has 0 saturated heterocycles. The molecule has 0 amide bonds. The maximum Gasteiger partial charge on any atom is 0.132 e. The maximum atomic E-state index is 8.63. The molecule has 0 heterocycles. The first-order valence-electron chi connectivity index (χ1n) is 6.19. The minimum absolute atomic E-state index is 0.0749. The molecule has 0 radical (unpaired) electrons. The topological polar surface area (TPSA) is 59.0 Å². The van der Waals surface area contributed by atoms with Gasteiger partial charge in [0.25, 0.3) is 0 Å². The number of rotatable bonds is 4. The van der Waals surface area contributed by atoms with Gasteiger partial charge in [-0.3, -0.25) is 0 Å². The van der Waals surface area contributed by atoms with E-state index in [4.69, 9.17) is 15.7 Å². The van der Waals surface area contributed by atoms with Gasteiger partial charge in [0, 0.05) is 11.6 Å². The molecule has 1 atom stereocenters. The van der Waals surface area contributed by atoms with Crippen molar-refractivity contribution >= 4 is 0 Å². The zero-order valence-corrected chi connectivity index (χ0v) is 10.8. The van der Waals surface area contributed by atoms with Gasteiger partial charge >= 0.3 is 0 Å². The average molecular weight is 252 g/mol. The Morgan fingerprint density at radius 2 is 1.84 bits per heavy atom. The second-order valence-corrected chi connectivity index (χ2v) is 4.41. The minimum atomic E-state index is -0.0749. The first-order chi connectivity index (χ1) is 9.20. The molecular weight excluding hydrogens is 236 g/mol. The van der Waals surface area contributed by atoms with Crippen molar-refractivity contribution in [2.75, 3.05) is 0 Å². The summed E-state index contributed by atoms with van der Waals surface area (Å²) < 4.78 is 5.84. The van der Waals surface area contributed by atoms with Crippen LogP contribution in [0.1, 0.15) is 24.1 Å². The number of nitrogens with two attached hydrogens (primary N) is 1.